The predicted octanol–water partition coefficient (Wildman–Crippen LogP) is 3.06. The van der Waals surface area contributed by atoms with Gasteiger partial charge in [-0.2, -0.15) is 4.98 Å². The number of aromatic hydroxyl groups is 1. The molecule has 0 aliphatic carbocycles. The molecule has 0 spiro atoms. The summed E-state index contributed by atoms with van der Waals surface area (Å²) in [5, 5.41) is 10.6. The molecular formula is C23H24N2O6. The van der Waals surface area contributed by atoms with Crippen molar-refractivity contribution in [1.29, 1.82) is 0 Å². The number of methoxy groups -OCH3 is 2. The summed E-state index contributed by atoms with van der Waals surface area (Å²) in [5.74, 6) is -0.880. The number of carbonyl (C=O) groups is 1. The number of benzene rings is 1. The first kappa shape index (κ1) is 21.9. The topological polar surface area (TPSA) is 99.4 Å². The lowest BCUT2D eigenvalue weighted by Gasteiger charge is -2.19. The Kier molecular flexibility index (Phi) is 6.59. The lowest BCUT2D eigenvalue weighted by molar-refractivity contribution is -0.140. The number of rotatable bonds is 8. The molecular weight excluding hydrogens is 400 g/mol. The summed E-state index contributed by atoms with van der Waals surface area (Å²) >= 11 is 0. The van der Waals surface area contributed by atoms with Crippen LogP contribution in [0.5, 0.6) is 17.4 Å². The van der Waals surface area contributed by atoms with Crippen molar-refractivity contribution in [1.82, 2.24) is 9.38 Å². The zero-order chi connectivity index (χ0) is 22.5. The molecule has 0 radical (unpaired) electrons. The van der Waals surface area contributed by atoms with Gasteiger partial charge in [-0.15, -0.1) is 0 Å². The smallest absolute Gasteiger partial charge is 0.306 e. The zero-order valence-electron chi connectivity index (χ0n) is 17.6. The number of nitrogens with zero attached hydrogens (tertiary/aromatic N) is 2. The van der Waals surface area contributed by atoms with Crippen molar-refractivity contribution in [2.45, 2.75) is 19.3 Å². The molecule has 2 heterocycles. The van der Waals surface area contributed by atoms with E-state index in [0.29, 0.717) is 29.3 Å². The van der Waals surface area contributed by atoms with Gasteiger partial charge in [-0.05, 0) is 42.3 Å². The summed E-state index contributed by atoms with van der Waals surface area (Å²) in [6, 6.07) is 10.1. The largest absolute Gasteiger partial charge is 0.493 e. The molecule has 1 N–H and O–H groups in total. The summed E-state index contributed by atoms with van der Waals surface area (Å²) in [6.45, 7) is 5.97. The molecule has 3 rings (SSSR count). The molecule has 0 bridgehead atoms. The van der Waals surface area contributed by atoms with Gasteiger partial charge < -0.3 is 19.3 Å². The fourth-order valence-electron chi connectivity index (χ4n) is 3.25. The summed E-state index contributed by atoms with van der Waals surface area (Å²) < 4.78 is 17.3. The van der Waals surface area contributed by atoms with Crippen LogP contribution in [0.15, 0.2) is 59.5 Å². The first-order chi connectivity index (χ1) is 14.8. The van der Waals surface area contributed by atoms with Crippen LogP contribution in [0.25, 0.3) is 5.65 Å². The number of ether oxygens (including phenoxy) is 3. The second-order valence-corrected chi connectivity index (χ2v) is 7.07. The first-order valence-corrected chi connectivity index (χ1v) is 9.57. The van der Waals surface area contributed by atoms with E-state index in [4.69, 9.17) is 14.2 Å². The molecule has 31 heavy (non-hydrogen) atoms. The third kappa shape index (κ3) is 4.69. The fourth-order valence-corrected chi connectivity index (χ4v) is 3.25. The van der Waals surface area contributed by atoms with E-state index in [0.717, 1.165) is 5.57 Å². The Morgan fingerprint density at radius 3 is 2.68 bits per heavy atom. The minimum absolute atomic E-state index is 0.00763. The number of fused-ring (bicyclic) bond motifs is 1. The molecule has 3 aromatic rings. The van der Waals surface area contributed by atoms with E-state index in [1.165, 1.54) is 18.6 Å². The second-order valence-electron chi connectivity index (χ2n) is 7.07. The Balaban J connectivity index is 2.15. The SMILES string of the molecule is C=C(C)COc1ccc([C@H](CC(=O)OC)c2c(O)nc3ccccn3c2=O)cc1OC. The summed E-state index contributed by atoms with van der Waals surface area (Å²) in [5.41, 5.74) is 1.22. The zero-order valence-corrected chi connectivity index (χ0v) is 17.6. The van der Waals surface area contributed by atoms with Gasteiger partial charge in [0.1, 0.15) is 12.3 Å². The van der Waals surface area contributed by atoms with Crippen molar-refractivity contribution >= 4 is 11.6 Å². The van der Waals surface area contributed by atoms with Crippen molar-refractivity contribution in [2.75, 3.05) is 20.8 Å². The summed E-state index contributed by atoms with van der Waals surface area (Å²) in [7, 11) is 2.76. The van der Waals surface area contributed by atoms with E-state index in [9.17, 15) is 14.7 Å². The van der Waals surface area contributed by atoms with Crippen LogP contribution in [0.2, 0.25) is 0 Å². The van der Waals surface area contributed by atoms with Gasteiger partial charge in [0.05, 0.1) is 26.2 Å². The number of aromatic nitrogens is 2. The summed E-state index contributed by atoms with van der Waals surface area (Å²) in [4.78, 5) is 29.5. The minimum atomic E-state index is -0.811. The number of esters is 1. The van der Waals surface area contributed by atoms with Crippen LogP contribution in [-0.4, -0.2) is 41.3 Å². The van der Waals surface area contributed by atoms with Crippen LogP contribution in [-0.2, 0) is 9.53 Å². The highest BCUT2D eigenvalue weighted by Gasteiger charge is 2.27. The number of hydrogen-bond donors (Lipinski definition) is 1. The van der Waals surface area contributed by atoms with Crippen molar-refractivity contribution in [2.24, 2.45) is 0 Å². The van der Waals surface area contributed by atoms with Crippen LogP contribution < -0.4 is 15.0 Å². The standard InChI is InChI=1S/C23H24N2O6/c1-14(2)13-31-17-9-8-15(11-18(17)29-3)16(12-20(26)30-4)21-22(27)24-19-7-5-6-10-25(19)23(21)28/h5-11,16,27H,1,12-13H2,2-4H3/t16-/m0/s1. The highest BCUT2D eigenvalue weighted by molar-refractivity contribution is 5.71. The molecule has 0 aliphatic heterocycles. The van der Waals surface area contributed by atoms with Gasteiger partial charge in [0, 0.05) is 12.1 Å². The number of pyridine rings is 1. The highest BCUT2D eigenvalue weighted by atomic mass is 16.5. The van der Waals surface area contributed by atoms with E-state index in [1.54, 1.807) is 42.6 Å². The third-order valence-electron chi connectivity index (χ3n) is 4.76. The van der Waals surface area contributed by atoms with Gasteiger partial charge in [-0.1, -0.05) is 18.7 Å². The van der Waals surface area contributed by atoms with Gasteiger partial charge in [0.2, 0.25) is 5.88 Å². The van der Waals surface area contributed by atoms with Crippen LogP contribution >= 0.6 is 0 Å². The van der Waals surface area contributed by atoms with Gasteiger partial charge in [0.25, 0.3) is 5.56 Å². The molecule has 1 atom stereocenters. The Hall–Kier alpha value is -3.81. The second kappa shape index (κ2) is 9.34. The molecule has 0 amide bonds. The number of carbonyl (C=O) groups excluding carboxylic acids is 1. The van der Waals surface area contributed by atoms with E-state index in [1.807, 2.05) is 6.92 Å². The third-order valence-corrected chi connectivity index (χ3v) is 4.76. The van der Waals surface area contributed by atoms with E-state index in [-0.39, 0.29) is 12.0 Å². The minimum Gasteiger partial charge on any atom is -0.493 e. The molecule has 8 nitrogen and oxygen atoms in total. The van der Waals surface area contributed by atoms with Gasteiger partial charge >= 0.3 is 5.97 Å². The first-order valence-electron chi connectivity index (χ1n) is 9.57. The Morgan fingerprint density at radius 1 is 1.23 bits per heavy atom. The van der Waals surface area contributed by atoms with E-state index >= 15 is 0 Å². The van der Waals surface area contributed by atoms with Gasteiger partial charge in [-0.3, -0.25) is 14.0 Å². The molecule has 0 saturated heterocycles. The van der Waals surface area contributed by atoms with Gasteiger partial charge in [0.15, 0.2) is 11.5 Å². The molecule has 0 unspecified atom stereocenters. The van der Waals surface area contributed by atoms with Crippen LogP contribution in [0.4, 0.5) is 0 Å². The Labute approximate surface area is 179 Å². The maximum Gasteiger partial charge on any atom is 0.306 e. The molecule has 162 valence electrons. The average Bonchev–Trinajstić information content (AvgIpc) is 2.76. The van der Waals surface area contributed by atoms with Crippen LogP contribution in [0, 0.1) is 0 Å². The molecule has 2 aromatic heterocycles. The molecule has 0 saturated carbocycles. The maximum atomic E-state index is 13.2. The van der Waals surface area contributed by atoms with E-state index in [2.05, 4.69) is 11.6 Å². The molecule has 8 heteroatoms. The van der Waals surface area contributed by atoms with Gasteiger partial charge in [-0.25, -0.2) is 0 Å². The predicted molar refractivity (Wildman–Crippen MR) is 115 cm³/mol. The van der Waals surface area contributed by atoms with Crippen LogP contribution in [0.3, 0.4) is 0 Å². The normalized spacial score (nSPS) is 11.7. The van der Waals surface area contributed by atoms with Crippen molar-refractivity contribution in [3.63, 3.8) is 0 Å². The highest BCUT2D eigenvalue weighted by Crippen LogP contribution is 2.36. The fraction of sp³-hybridized carbons (Fsp3) is 0.261. The molecule has 1 aromatic carbocycles. The maximum absolute atomic E-state index is 13.2. The number of hydrogen-bond acceptors (Lipinski definition) is 7. The van der Waals surface area contributed by atoms with E-state index < -0.39 is 23.3 Å². The molecule has 0 fully saturated rings. The van der Waals surface area contributed by atoms with Crippen LogP contribution in [0.1, 0.15) is 30.4 Å². The molecule has 0 aliphatic rings. The Morgan fingerprint density at radius 2 is 2.00 bits per heavy atom. The lowest BCUT2D eigenvalue weighted by Crippen LogP contribution is -2.24. The Bertz CT molecular complexity index is 1180. The lowest BCUT2D eigenvalue weighted by atomic mass is 9.89. The monoisotopic (exact) mass is 424 g/mol. The van der Waals surface area contributed by atoms with Crippen molar-refractivity contribution in [3.05, 3.63) is 76.2 Å². The average molecular weight is 424 g/mol. The van der Waals surface area contributed by atoms with Crippen molar-refractivity contribution in [3.8, 4) is 17.4 Å². The quantitative estimate of drug-likeness (QED) is 0.438. The van der Waals surface area contributed by atoms with Crippen molar-refractivity contribution < 1.29 is 24.1 Å². The summed E-state index contributed by atoms with van der Waals surface area (Å²) in [6.07, 6.45) is 1.38.